The van der Waals surface area contributed by atoms with Crippen molar-refractivity contribution in [2.75, 3.05) is 18.1 Å². The number of rotatable bonds is 6. The molecule has 1 aromatic carbocycles. The number of ether oxygens (including phenoxy) is 1. The van der Waals surface area contributed by atoms with Crippen LogP contribution in [0.2, 0.25) is 0 Å². The van der Waals surface area contributed by atoms with Gasteiger partial charge in [0, 0.05) is 18.0 Å². The number of benzene rings is 1. The third kappa shape index (κ3) is 4.29. The summed E-state index contributed by atoms with van der Waals surface area (Å²) in [6.45, 7) is 3.63. The van der Waals surface area contributed by atoms with Crippen LogP contribution in [-0.4, -0.2) is 60.5 Å². The molecule has 0 radical (unpaired) electrons. The lowest BCUT2D eigenvalue weighted by Gasteiger charge is -2.29. The number of esters is 1. The fourth-order valence-electron chi connectivity index (χ4n) is 3.34. The third-order valence-corrected chi connectivity index (χ3v) is 6.44. The van der Waals surface area contributed by atoms with Gasteiger partial charge in [0.15, 0.2) is 21.5 Å². The first kappa shape index (κ1) is 19.3. The van der Waals surface area contributed by atoms with Gasteiger partial charge in [-0.2, -0.15) is 0 Å². The molecule has 1 saturated heterocycles. The topological polar surface area (TPSA) is 107 Å². The first-order valence-electron chi connectivity index (χ1n) is 8.84. The lowest BCUT2D eigenvalue weighted by Crippen LogP contribution is -2.46. The highest BCUT2D eigenvalue weighted by atomic mass is 32.2. The third-order valence-electron chi connectivity index (χ3n) is 4.69. The molecule has 1 aliphatic heterocycles. The van der Waals surface area contributed by atoms with Gasteiger partial charge in [-0.1, -0.05) is 17.3 Å². The summed E-state index contributed by atoms with van der Waals surface area (Å²) in [5, 5.41) is 4.60. The number of sulfone groups is 1. The standard InChI is InChI=1S/C18H22N2O6S/c1-3-20(13-8-9-27(23,24)11-13)18(22)12(2)25-17(21)10-15-14-6-4-5-7-16(14)26-19-15/h4-7,12-13H,3,8-11H2,1-2H3/t12-,13-/m0/s1. The number of carbonyl (C=O) groups is 2. The molecule has 8 nitrogen and oxygen atoms in total. The molecule has 1 aromatic heterocycles. The molecular weight excluding hydrogens is 372 g/mol. The van der Waals surface area contributed by atoms with Crippen molar-refractivity contribution in [3.63, 3.8) is 0 Å². The fraction of sp³-hybridized carbons (Fsp3) is 0.500. The predicted molar refractivity (Wildman–Crippen MR) is 97.7 cm³/mol. The van der Waals surface area contributed by atoms with Crippen LogP contribution in [0.4, 0.5) is 0 Å². The zero-order chi connectivity index (χ0) is 19.6. The van der Waals surface area contributed by atoms with Gasteiger partial charge in [-0.05, 0) is 32.4 Å². The smallest absolute Gasteiger partial charge is 0.312 e. The van der Waals surface area contributed by atoms with E-state index in [2.05, 4.69) is 5.16 Å². The second kappa shape index (κ2) is 7.67. The minimum Gasteiger partial charge on any atom is -0.452 e. The molecule has 146 valence electrons. The lowest BCUT2D eigenvalue weighted by atomic mass is 10.2. The molecule has 0 aliphatic carbocycles. The minimum absolute atomic E-state index is 0.0435. The molecule has 3 rings (SSSR count). The molecule has 0 N–H and O–H groups in total. The molecule has 1 aliphatic rings. The van der Waals surface area contributed by atoms with Gasteiger partial charge in [0.25, 0.3) is 5.91 Å². The van der Waals surface area contributed by atoms with E-state index in [1.54, 1.807) is 25.1 Å². The number of amides is 1. The first-order chi connectivity index (χ1) is 12.8. The van der Waals surface area contributed by atoms with Gasteiger partial charge >= 0.3 is 5.97 Å². The molecule has 2 atom stereocenters. The Hall–Kier alpha value is -2.42. The summed E-state index contributed by atoms with van der Waals surface area (Å²) >= 11 is 0. The molecule has 0 spiro atoms. The molecule has 1 fully saturated rings. The fourth-order valence-corrected chi connectivity index (χ4v) is 5.07. The van der Waals surface area contributed by atoms with E-state index in [0.717, 1.165) is 5.39 Å². The van der Waals surface area contributed by atoms with E-state index in [1.807, 2.05) is 6.07 Å². The Morgan fingerprint density at radius 2 is 2.11 bits per heavy atom. The van der Waals surface area contributed by atoms with E-state index < -0.39 is 27.8 Å². The Morgan fingerprint density at radius 1 is 1.37 bits per heavy atom. The largest absolute Gasteiger partial charge is 0.452 e. The maximum absolute atomic E-state index is 12.6. The summed E-state index contributed by atoms with van der Waals surface area (Å²) in [6, 6.07) is 6.79. The Morgan fingerprint density at radius 3 is 2.78 bits per heavy atom. The predicted octanol–water partition coefficient (Wildman–Crippen LogP) is 1.34. The number of carbonyl (C=O) groups excluding carboxylic acids is 2. The summed E-state index contributed by atoms with van der Waals surface area (Å²) < 4.78 is 33.8. The number of fused-ring (bicyclic) bond motifs is 1. The van der Waals surface area contributed by atoms with Gasteiger partial charge in [0.05, 0.1) is 17.9 Å². The Bertz CT molecular complexity index is 952. The SMILES string of the molecule is CCN(C(=O)[C@H](C)OC(=O)Cc1noc2ccccc12)[C@H]1CCS(=O)(=O)C1. The average molecular weight is 394 g/mol. The maximum atomic E-state index is 12.6. The van der Waals surface area contributed by atoms with E-state index in [-0.39, 0.29) is 24.0 Å². The van der Waals surface area contributed by atoms with E-state index >= 15 is 0 Å². The second-order valence-electron chi connectivity index (χ2n) is 6.62. The average Bonchev–Trinajstić information content (AvgIpc) is 3.19. The highest BCUT2D eigenvalue weighted by molar-refractivity contribution is 7.91. The Balaban J connectivity index is 1.62. The number of para-hydroxylation sites is 1. The molecule has 2 heterocycles. The van der Waals surface area contributed by atoms with Crippen molar-refractivity contribution in [3.05, 3.63) is 30.0 Å². The van der Waals surface area contributed by atoms with Gasteiger partial charge < -0.3 is 14.2 Å². The normalized spacial score (nSPS) is 19.7. The van der Waals surface area contributed by atoms with Crippen molar-refractivity contribution in [3.8, 4) is 0 Å². The summed E-state index contributed by atoms with van der Waals surface area (Å²) in [6.07, 6.45) is -0.703. The number of hydrogen-bond acceptors (Lipinski definition) is 7. The number of hydrogen-bond donors (Lipinski definition) is 0. The van der Waals surface area contributed by atoms with Crippen molar-refractivity contribution >= 4 is 32.7 Å². The Kier molecular flexibility index (Phi) is 5.50. The molecule has 9 heteroatoms. The van der Waals surface area contributed by atoms with E-state index in [4.69, 9.17) is 9.26 Å². The van der Waals surface area contributed by atoms with Crippen LogP contribution >= 0.6 is 0 Å². The molecule has 1 amide bonds. The van der Waals surface area contributed by atoms with Gasteiger partial charge in [-0.3, -0.25) is 9.59 Å². The number of likely N-dealkylation sites (N-methyl/N-ethyl adjacent to an activating group) is 1. The van der Waals surface area contributed by atoms with Crippen LogP contribution in [0.25, 0.3) is 11.0 Å². The number of aromatic nitrogens is 1. The van der Waals surface area contributed by atoms with E-state index in [9.17, 15) is 18.0 Å². The van der Waals surface area contributed by atoms with Gasteiger partial charge in [-0.15, -0.1) is 0 Å². The minimum atomic E-state index is -3.11. The van der Waals surface area contributed by atoms with Crippen LogP contribution in [0.3, 0.4) is 0 Å². The zero-order valence-corrected chi connectivity index (χ0v) is 16.1. The van der Waals surface area contributed by atoms with Crippen molar-refractivity contribution in [2.45, 2.75) is 38.8 Å². The van der Waals surface area contributed by atoms with Crippen LogP contribution in [0.1, 0.15) is 26.0 Å². The Labute approximate surface area is 157 Å². The van der Waals surface area contributed by atoms with Gasteiger partial charge in [0.2, 0.25) is 0 Å². The number of nitrogens with zero attached hydrogens (tertiary/aromatic N) is 2. The monoisotopic (exact) mass is 394 g/mol. The van der Waals surface area contributed by atoms with Gasteiger partial charge in [0.1, 0.15) is 5.69 Å². The molecule has 2 aromatic rings. The highest BCUT2D eigenvalue weighted by Crippen LogP contribution is 2.20. The molecular formula is C18H22N2O6S. The quantitative estimate of drug-likeness (QED) is 0.681. The molecule has 27 heavy (non-hydrogen) atoms. The van der Waals surface area contributed by atoms with Crippen molar-refractivity contribution in [2.24, 2.45) is 0 Å². The molecule has 0 unspecified atom stereocenters. The van der Waals surface area contributed by atoms with E-state index in [0.29, 0.717) is 24.2 Å². The van der Waals surface area contributed by atoms with Crippen molar-refractivity contribution in [1.82, 2.24) is 10.1 Å². The summed E-state index contributed by atoms with van der Waals surface area (Å²) in [5.74, 6) is -0.949. The summed E-state index contributed by atoms with van der Waals surface area (Å²) in [5.41, 5.74) is 1.02. The lowest BCUT2D eigenvalue weighted by molar-refractivity contribution is -0.159. The van der Waals surface area contributed by atoms with Crippen molar-refractivity contribution < 1.29 is 27.3 Å². The summed E-state index contributed by atoms with van der Waals surface area (Å²) in [7, 11) is -3.11. The van der Waals surface area contributed by atoms with Crippen LogP contribution in [0.15, 0.2) is 28.8 Å². The van der Waals surface area contributed by atoms with Crippen LogP contribution in [0.5, 0.6) is 0 Å². The molecule has 0 bridgehead atoms. The zero-order valence-electron chi connectivity index (χ0n) is 15.3. The van der Waals surface area contributed by atoms with Crippen LogP contribution < -0.4 is 0 Å². The van der Waals surface area contributed by atoms with Crippen LogP contribution in [0, 0.1) is 0 Å². The highest BCUT2D eigenvalue weighted by Gasteiger charge is 2.36. The van der Waals surface area contributed by atoms with Crippen LogP contribution in [-0.2, 0) is 30.6 Å². The summed E-state index contributed by atoms with van der Waals surface area (Å²) in [4.78, 5) is 26.4. The van der Waals surface area contributed by atoms with Crippen molar-refractivity contribution in [1.29, 1.82) is 0 Å². The van der Waals surface area contributed by atoms with Gasteiger partial charge in [-0.25, -0.2) is 8.42 Å². The second-order valence-corrected chi connectivity index (χ2v) is 8.84. The first-order valence-corrected chi connectivity index (χ1v) is 10.7. The molecule has 0 saturated carbocycles. The van der Waals surface area contributed by atoms with E-state index in [1.165, 1.54) is 11.8 Å². The maximum Gasteiger partial charge on any atom is 0.312 e.